The van der Waals surface area contributed by atoms with E-state index in [9.17, 15) is 13.5 Å². The van der Waals surface area contributed by atoms with Gasteiger partial charge in [0.15, 0.2) is 0 Å². The zero-order valence-corrected chi connectivity index (χ0v) is 14.0. The molecule has 1 aliphatic heterocycles. The van der Waals surface area contributed by atoms with Gasteiger partial charge in [0.2, 0.25) is 10.0 Å². The average Bonchev–Trinajstić information content (AvgIpc) is 2.41. The summed E-state index contributed by atoms with van der Waals surface area (Å²) in [6, 6.07) is 5.51. The maximum atomic E-state index is 11.6. The molecule has 1 N–H and O–H groups in total. The van der Waals surface area contributed by atoms with Gasteiger partial charge in [-0.05, 0) is 49.3 Å². The minimum atomic E-state index is -3.14. The van der Waals surface area contributed by atoms with Crippen LogP contribution >= 0.6 is 11.6 Å². The van der Waals surface area contributed by atoms with Gasteiger partial charge in [0, 0.05) is 18.1 Å². The van der Waals surface area contributed by atoms with Crippen molar-refractivity contribution in [1.82, 2.24) is 4.31 Å². The molecule has 4 nitrogen and oxygen atoms in total. The molecular formula is C15H22ClNO3S. The highest BCUT2D eigenvalue weighted by Crippen LogP contribution is 2.31. The van der Waals surface area contributed by atoms with Crippen molar-refractivity contribution in [1.29, 1.82) is 0 Å². The van der Waals surface area contributed by atoms with E-state index in [4.69, 9.17) is 11.6 Å². The lowest BCUT2D eigenvalue weighted by Crippen LogP contribution is -2.39. The Kier molecular flexibility index (Phi) is 5.30. The highest BCUT2D eigenvalue weighted by atomic mass is 35.5. The minimum Gasteiger partial charge on any atom is -0.388 e. The van der Waals surface area contributed by atoms with Crippen LogP contribution in [0, 0.1) is 12.8 Å². The molecule has 0 aromatic heterocycles. The van der Waals surface area contributed by atoms with E-state index < -0.39 is 16.1 Å². The fourth-order valence-electron chi connectivity index (χ4n) is 2.95. The van der Waals surface area contributed by atoms with Crippen molar-refractivity contribution < 1.29 is 13.5 Å². The third-order valence-corrected chi connectivity index (χ3v) is 5.86. The van der Waals surface area contributed by atoms with Crippen molar-refractivity contribution in [3.05, 3.63) is 34.3 Å². The van der Waals surface area contributed by atoms with Crippen LogP contribution in [-0.2, 0) is 10.0 Å². The van der Waals surface area contributed by atoms with Crippen LogP contribution in [0.2, 0.25) is 5.02 Å². The zero-order chi connectivity index (χ0) is 15.6. The number of aliphatic hydroxyl groups is 1. The van der Waals surface area contributed by atoms with E-state index in [0.717, 1.165) is 24.0 Å². The molecular weight excluding hydrogens is 310 g/mol. The number of rotatable bonds is 4. The normalized spacial score (nSPS) is 22.2. The van der Waals surface area contributed by atoms with Crippen molar-refractivity contribution in [3.63, 3.8) is 0 Å². The number of halogens is 1. The van der Waals surface area contributed by atoms with Gasteiger partial charge in [-0.25, -0.2) is 12.7 Å². The van der Waals surface area contributed by atoms with Crippen molar-refractivity contribution in [2.75, 3.05) is 19.3 Å². The van der Waals surface area contributed by atoms with Crippen LogP contribution in [0.5, 0.6) is 0 Å². The second kappa shape index (κ2) is 6.65. The van der Waals surface area contributed by atoms with Crippen LogP contribution < -0.4 is 0 Å². The molecule has 0 saturated carbocycles. The van der Waals surface area contributed by atoms with Gasteiger partial charge in [-0.15, -0.1) is 0 Å². The Labute approximate surface area is 131 Å². The van der Waals surface area contributed by atoms with Crippen LogP contribution in [0.4, 0.5) is 0 Å². The molecule has 2 atom stereocenters. The Morgan fingerprint density at radius 3 is 2.86 bits per heavy atom. The van der Waals surface area contributed by atoms with E-state index in [1.807, 2.05) is 19.1 Å². The lowest BCUT2D eigenvalue weighted by molar-refractivity contribution is 0.122. The lowest BCUT2D eigenvalue weighted by Gasteiger charge is -2.32. The Balaban J connectivity index is 2.06. The summed E-state index contributed by atoms with van der Waals surface area (Å²) in [4.78, 5) is 0. The molecule has 0 bridgehead atoms. The van der Waals surface area contributed by atoms with E-state index >= 15 is 0 Å². The fraction of sp³-hybridized carbons (Fsp3) is 0.600. The molecule has 6 heteroatoms. The molecule has 1 aromatic carbocycles. The molecule has 1 heterocycles. The number of hydrogen-bond donors (Lipinski definition) is 1. The summed E-state index contributed by atoms with van der Waals surface area (Å²) in [5.74, 6) is 0.182. The molecule has 1 aromatic rings. The number of sulfonamides is 1. The molecule has 2 rings (SSSR count). The second-order valence-electron chi connectivity index (χ2n) is 5.83. The van der Waals surface area contributed by atoms with Gasteiger partial charge in [-0.2, -0.15) is 0 Å². The standard InChI is InChI=1S/C15H22ClNO3S/c1-11-13(6-3-7-14(11)16)15(18)9-12-5-4-8-17(10-12)21(2,19)20/h3,6-7,12,15,18H,4-5,8-10H2,1-2H3. The SMILES string of the molecule is Cc1c(Cl)cccc1C(O)CC1CCCN(S(C)(=O)=O)C1. The van der Waals surface area contributed by atoms with E-state index in [1.54, 1.807) is 6.07 Å². The maximum absolute atomic E-state index is 11.6. The number of piperidine rings is 1. The third-order valence-electron chi connectivity index (χ3n) is 4.18. The van der Waals surface area contributed by atoms with Gasteiger partial charge < -0.3 is 5.11 Å². The van der Waals surface area contributed by atoms with Gasteiger partial charge in [-0.1, -0.05) is 23.7 Å². The zero-order valence-electron chi connectivity index (χ0n) is 12.4. The van der Waals surface area contributed by atoms with Gasteiger partial charge in [0.25, 0.3) is 0 Å². The second-order valence-corrected chi connectivity index (χ2v) is 8.22. The summed E-state index contributed by atoms with van der Waals surface area (Å²) >= 11 is 6.09. The minimum absolute atomic E-state index is 0.182. The summed E-state index contributed by atoms with van der Waals surface area (Å²) in [5.41, 5.74) is 1.72. The topological polar surface area (TPSA) is 57.6 Å². The quantitative estimate of drug-likeness (QED) is 0.923. The van der Waals surface area contributed by atoms with Crippen molar-refractivity contribution >= 4 is 21.6 Å². The van der Waals surface area contributed by atoms with Gasteiger partial charge in [0.1, 0.15) is 0 Å². The first kappa shape index (κ1) is 16.7. The number of benzene rings is 1. The molecule has 0 amide bonds. The molecule has 1 fully saturated rings. The average molecular weight is 332 g/mol. The molecule has 1 saturated heterocycles. The van der Waals surface area contributed by atoms with Crippen molar-refractivity contribution in [3.8, 4) is 0 Å². The molecule has 118 valence electrons. The summed E-state index contributed by atoms with van der Waals surface area (Å²) in [7, 11) is -3.14. The Bertz CT molecular complexity index is 603. The van der Waals surface area contributed by atoms with Gasteiger partial charge in [0.05, 0.1) is 12.4 Å². The first-order chi connectivity index (χ1) is 9.79. The predicted octanol–water partition coefficient (Wildman–Crippen LogP) is 2.74. The van der Waals surface area contributed by atoms with Gasteiger partial charge in [-0.3, -0.25) is 0 Å². The molecule has 21 heavy (non-hydrogen) atoms. The first-order valence-electron chi connectivity index (χ1n) is 7.17. The maximum Gasteiger partial charge on any atom is 0.211 e. The Morgan fingerprint density at radius 1 is 1.48 bits per heavy atom. The third kappa shape index (κ3) is 4.19. The van der Waals surface area contributed by atoms with Gasteiger partial charge >= 0.3 is 0 Å². The van der Waals surface area contributed by atoms with Crippen molar-refractivity contribution in [2.45, 2.75) is 32.3 Å². The smallest absolute Gasteiger partial charge is 0.211 e. The summed E-state index contributed by atoms with van der Waals surface area (Å²) in [6.07, 6.45) is 3.00. The highest BCUT2D eigenvalue weighted by Gasteiger charge is 2.28. The lowest BCUT2D eigenvalue weighted by atomic mass is 9.89. The summed E-state index contributed by atoms with van der Waals surface area (Å²) in [5, 5.41) is 11.1. The Hall–Kier alpha value is -0.620. The van der Waals surface area contributed by atoms with Crippen LogP contribution in [0.25, 0.3) is 0 Å². The van der Waals surface area contributed by atoms with E-state index in [1.165, 1.54) is 10.6 Å². The number of aliphatic hydroxyl groups excluding tert-OH is 1. The Morgan fingerprint density at radius 2 is 2.19 bits per heavy atom. The van der Waals surface area contributed by atoms with E-state index in [-0.39, 0.29) is 5.92 Å². The molecule has 0 spiro atoms. The molecule has 1 aliphatic rings. The van der Waals surface area contributed by atoms with Crippen molar-refractivity contribution in [2.24, 2.45) is 5.92 Å². The van der Waals surface area contributed by atoms with E-state index in [0.29, 0.717) is 24.5 Å². The van der Waals surface area contributed by atoms with Crippen LogP contribution in [-0.4, -0.2) is 37.2 Å². The monoisotopic (exact) mass is 331 g/mol. The van der Waals surface area contributed by atoms with E-state index in [2.05, 4.69) is 0 Å². The molecule has 0 aliphatic carbocycles. The molecule has 2 unspecified atom stereocenters. The summed E-state index contributed by atoms with van der Waals surface area (Å²) < 4.78 is 24.8. The van der Waals surface area contributed by atoms with Crippen LogP contribution in [0.15, 0.2) is 18.2 Å². The first-order valence-corrected chi connectivity index (χ1v) is 9.40. The fourth-order valence-corrected chi connectivity index (χ4v) is 4.07. The van der Waals surface area contributed by atoms with Crippen LogP contribution in [0.1, 0.15) is 36.5 Å². The number of hydrogen-bond acceptors (Lipinski definition) is 3. The molecule has 0 radical (unpaired) electrons. The largest absolute Gasteiger partial charge is 0.388 e. The number of nitrogens with zero attached hydrogens (tertiary/aromatic N) is 1. The summed E-state index contributed by atoms with van der Waals surface area (Å²) in [6.45, 7) is 2.97. The predicted molar refractivity (Wildman–Crippen MR) is 84.9 cm³/mol. The highest BCUT2D eigenvalue weighted by molar-refractivity contribution is 7.88. The van der Waals surface area contributed by atoms with Crippen LogP contribution in [0.3, 0.4) is 0 Å².